The van der Waals surface area contributed by atoms with E-state index in [1.54, 1.807) is 4.52 Å². The molecular formula is C10H11BrN4O. The van der Waals surface area contributed by atoms with Crippen LogP contribution in [0.25, 0.3) is 5.65 Å². The molecule has 2 aromatic heterocycles. The van der Waals surface area contributed by atoms with Crippen molar-refractivity contribution in [3.63, 3.8) is 0 Å². The summed E-state index contributed by atoms with van der Waals surface area (Å²) in [4.78, 5) is 4.34. The van der Waals surface area contributed by atoms with E-state index in [1.807, 2.05) is 18.3 Å². The van der Waals surface area contributed by atoms with Gasteiger partial charge in [-0.05, 0) is 40.9 Å². The lowest BCUT2D eigenvalue weighted by molar-refractivity contribution is 0.0834. The van der Waals surface area contributed by atoms with Crippen molar-refractivity contribution in [2.24, 2.45) is 0 Å². The Bertz CT molecular complexity index is 521. The van der Waals surface area contributed by atoms with E-state index in [4.69, 9.17) is 0 Å². The molecule has 0 atom stereocenters. The summed E-state index contributed by atoms with van der Waals surface area (Å²) in [6, 6.07) is 4.13. The highest BCUT2D eigenvalue weighted by molar-refractivity contribution is 9.10. The third kappa shape index (κ3) is 1.78. The van der Waals surface area contributed by atoms with Crippen molar-refractivity contribution >= 4 is 27.5 Å². The summed E-state index contributed by atoms with van der Waals surface area (Å²) in [6.07, 6.45) is 3.26. The number of halogens is 1. The van der Waals surface area contributed by atoms with Crippen molar-refractivity contribution < 1.29 is 5.11 Å². The summed E-state index contributed by atoms with van der Waals surface area (Å²) in [6.45, 7) is 0. The van der Waals surface area contributed by atoms with Crippen LogP contribution in [0.1, 0.15) is 12.8 Å². The highest BCUT2D eigenvalue weighted by atomic mass is 79.9. The molecule has 0 radical (unpaired) electrons. The van der Waals surface area contributed by atoms with Gasteiger partial charge in [-0.2, -0.15) is 4.98 Å². The smallest absolute Gasteiger partial charge is 0.243 e. The maximum Gasteiger partial charge on any atom is 0.243 e. The molecule has 84 valence electrons. The first-order valence-corrected chi connectivity index (χ1v) is 5.96. The zero-order valence-electron chi connectivity index (χ0n) is 8.47. The summed E-state index contributed by atoms with van der Waals surface area (Å²) in [5.74, 6) is 0.620. The second-order valence-electron chi connectivity index (χ2n) is 4.05. The SMILES string of the molecule is OC1CC(Nc2nc3ccc(Br)cn3n2)C1. The number of hydrogen-bond donors (Lipinski definition) is 2. The number of nitrogens with one attached hydrogen (secondary N) is 1. The van der Waals surface area contributed by atoms with Crippen LogP contribution in [0.5, 0.6) is 0 Å². The Labute approximate surface area is 101 Å². The summed E-state index contributed by atoms with van der Waals surface area (Å²) < 4.78 is 2.69. The van der Waals surface area contributed by atoms with Gasteiger partial charge in [0, 0.05) is 16.7 Å². The number of aliphatic hydroxyl groups excluding tert-OH is 1. The van der Waals surface area contributed by atoms with E-state index in [2.05, 4.69) is 31.3 Å². The van der Waals surface area contributed by atoms with Crippen LogP contribution in [0, 0.1) is 0 Å². The lowest BCUT2D eigenvalue weighted by atomic mass is 9.90. The summed E-state index contributed by atoms with van der Waals surface area (Å²) in [5, 5.41) is 16.7. The predicted octanol–water partition coefficient (Wildman–Crippen LogP) is 1.43. The maximum atomic E-state index is 9.18. The van der Waals surface area contributed by atoms with Crippen molar-refractivity contribution in [2.45, 2.75) is 25.0 Å². The summed E-state index contributed by atoms with van der Waals surface area (Å²) in [5.41, 5.74) is 0.811. The number of anilines is 1. The van der Waals surface area contributed by atoms with Gasteiger partial charge in [-0.3, -0.25) is 0 Å². The number of fused-ring (bicyclic) bond motifs is 1. The number of hydrogen-bond acceptors (Lipinski definition) is 4. The minimum atomic E-state index is -0.163. The summed E-state index contributed by atoms with van der Waals surface area (Å²) in [7, 11) is 0. The van der Waals surface area contributed by atoms with Gasteiger partial charge >= 0.3 is 0 Å². The minimum Gasteiger partial charge on any atom is -0.393 e. The van der Waals surface area contributed by atoms with Crippen LogP contribution in [0.15, 0.2) is 22.8 Å². The molecule has 1 fully saturated rings. The molecule has 2 N–H and O–H groups in total. The van der Waals surface area contributed by atoms with Crippen molar-refractivity contribution in [3.8, 4) is 0 Å². The predicted molar refractivity (Wildman–Crippen MR) is 63.3 cm³/mol. The molecule has 0 aliphatic heterocycles. The van der Waals surface area contributed by atoms with Gasteiger partial charge < -0.3 is 10.4 Å². The number of aromatic nitrogens is 3. The molecule has 5 nitrogen and oxygen atoms in total. The number of rotatable bonds is 2. The monoisotopic (exact) mass is 282 g/mol. The topological polar surface area (TPSA) is 62.5 Å². The van der Waals surface area contributed by atoms with Crippen LogP contribution in [0.2, 0.25) is 0 Å². The molecule has 6 heteroatoms. The Hall–Kier alpha value is -1.14. The highest BCUT2D eigenvalue weighted by Gasteiger charge is 2.27. The fourth-order valence-corrected chi connectivity index (χ4v) is 2.13. The van der Waals surface area contributed by atoms with E-state index in [0.29, 0.717) is 12.0 Å². The molecule has 0 bridgehead atoms. The van der Waals surface area contributed by atoms with Gasteiger partial charge in [0.25, 0.3) is 0 Å². The third-order valence-corrected chi connectivity index (χ3v) is 3.21. The van der Waals surface area contributed by atoms with Gasteiger partial charge in [-0.25, -0.2) is 4.52 Å². The average molecular weight is 283 g/mol. The first-order valence-electron chi connectivity index (χ1n) is 5.17. The second kappa shape index (κ2) is 3.71. The van der Waals surface area contributed by atoms with E-state index in [0.717, 1.165) is 23.0 Å². The van der Waals surface area contributed by atoms with E-state index in [1.165, 1.54) is 0 Å². The van der Waals surface area contributed by atoms with E-state index >= 15 is 0 Å². The van der Waals surface area contributed by atoms with Crippen LogP contribution in [-0.4, -0.2) is 31.9 Å². The molecule has 3 rings (SSSR count). The van der Waals surface area contributed by atoms with E-state index in [-0.39, 0.29) is 6.10 Å². The van der Waals surface area contributed by atoms with E-state index in [9.17, 15) is 5.11 Å². The Morgan fingerprint density at radius 3 is 3.00 bits per heavy atom. The molecular weight excluding hydrogens is 272 g/mol. The zero-order chi connectivity index (χ0) is 11.1. The number of pyridine rings is 1. The van der Waals surface area contributed by atoms with Gasteiger partial charge in [-0.1, -0.05) is 0 Å². The van der Waals surface area contributed by atoms with Gasteiger partial charge in [0.15, 0.2) is 5.65 Å². The van der Waals surface area contributed by atoms with Crippen molar-refractivity contribution in [3.05, 3.63) is 22.8 Å². The Morgan fingerprint density at radius 1 is 1.44 bits per heavy atom. The van der Waals surface area contributed by atoms with Gasteiger partial charge in [0.05, 0.1) is 6.10 Å². The normalized spacial score (nSPS) is 24.4. The minimum absolute atomic E-state index is 0.163. The molecule has 0 amide bonds. The molecule has 2 aromatic rings. The lowest BCUT2D eigenvalue weighted by Crippen LogP contribution is -2.39. The first-order chi connectivity index (χ1) is 7.70. The average Bonchev–Trinajstić information content (AvgIpc) is 2.57. The summed E-state index contributed by atoms with van der Waals surface area (Å²) >= 11 is 3.38. The molecule has 0 saturated heterocycles. The van der Waals surface area contributed by atoms with Crippen LogP contribution < -0.4 is 5.32 Å². The standard InChI is InChI=1S/C10H11BrN4O/c11-6-1-2-9-13-10(14-15(9)5-6)12-7-3-8(16)4-7/h1-2,5,7-8,16H,3-4H2,(H,12,14). The molecule has 0 aromatic carbocycles. The van der Waals surface area contributed by atoms with Gasteiger partial charge in [0.1, 0.15) is 0 Å². The van der Waals surface area contributed by atoms with E-state index < -0.39 is 0 Å². The highest BCUT2D eigenvalue weighted by Crippen LogP contribution is 2.23. The second-order valence-corrected chi connectivity index (χ2v) is 4.97. The molecule has 1 aliphatic carbocycles. The first kappa shape index (κ1) is 10.0. The van der Waals surface area contributed by atoms with Crippen molar-refractivity contribution in [2.75, 3.05) is 5.32 Å². The number of nitrogens with zero attached hydrogens (tertiary/aromatic N) is 3. The molecule has 1 saturated carbocycles. The Balaban J connectivity index is 1.82. The van der Waals surface area contributed by atoms with Crippen LogP contribution >= 0.6 is 15.9 Å². The van der Waals surface area contributed by atoms with Gasteiger partial charge in [0.2, 0.25) is 5.95 Å². The maximum absolute atomic E-state index is 9.18. The Morgan fingerprint density at radius 2 is 2.25 bits per heavy atom. The van der Waals surface area contributed by atoms with Gasteiger partial charge in [-0.15, -0.1) is 5.10 Å². The van der Waals surface area contributed by atoms with Crippen LogP contribution in [0.3, 0.4) is 0 Å². The molecule has 0 spiro atoms. The fraction of sp³-hybridized carbons (Fsp3) is 0.400. The quantitative estimate of drug-likeness (QED) is 0.875. The molecule has 2 heterocycles. The lowest BCUT2D eigenvalue weighted by Gasteiger charge is -2.31. The molecule has 0 unspecified atom stereocenters. The zero-order valence-corrected chi connectivity index (χ0v) is 10.1. The molecule has 16 heavy (non-hydrogen) atoms. The Kier molecular flexibility index (Phi) is 2.33. The largest absolute Gasteiger partial charge is 0.393 e. The number of aliphatic hydroxyl groups is 1. The fourth-order valence-electron chi connectivity index (χ4n) is 1.81. The van der Waals surface area contributed by atoms with Crippen molar-refractivity contribution in [1.29, 1.82) is 0 Å². The van der Waals surface area contributed by atoms with Crippen molar-refractivity contribution in [1.82, 2.24) is 14.6 Å². The third-order valence-electron chi connectivity index (χ3n) is 2.74. The molecule has 1 aliphatic rings. The van der Waals surface area contributed by atoms with Crippen LogP contribution in [-0.2, 0) is 0 Å². The van der Waals surface area contributed by atoms with Crippen LogP contribution in [0.4, 0.5) is 5.95 Å².